The Hall–Kier alpha value is -2.55. The van der Waals surface area contributed by atoms with Gasteiger partial charge in [-0.15, -0.1) is 0 Å². The summed E-state index contributed by atoms with van der Waals surface area (Å²) in [6.45, 7) is 4.11. The zero-order chi connectivity index (χ0) is 17.8. The van der Waals surface area contributed by atoms with Crippen LogP contribution in [-0.2, 0) is 11.2 Å². The Morgan fingerprint density at radius 1 is 1.19 bits per heavy atom. The molecule has 2 amide bonds. The van der Waals surface area contributed by atoms with Crippen molar-refractivity contribution in [3.05, 3.63) is 24.5 Å². The molecule has 2 fully saturated rings. The van der Waals surface area contributed by atoms with E-state index in [4.69, 9.17) is 9.26 Å². The zero-order valence-electron chi connectivity index (χ0n) is 14.6. The van der Waals surface area contributed by atoms with Crippen LogP contribution < -0.4 is 0 Å². The van der Waals surface area contributed by atoms with Crippen molar-refractivity contribution >= 4 is 6.03 Å². The number of ether oxygens (including phenoxy) is 1. The number of hydrogen-bond acceptors (Lipinski definition) is 7. The summed E-state index contributed by atoms with van der Waals surface area (Å²) in [6, 6.07) is 0.115. The van der Waals surface area contributed by atoms with Crippen molar-refractivity contribution in [3.63, 3.8) is 0 Å². The molecule has 1 unspecified atom stereocenters. The molecule has 0 N–H and O–H groups in total. The third-order valence-corrected chi connectivity index (χ3v) is 4.79. The number of amides is 2. The van der Waals surface area contributed by atoms with Crippen molar-refractivity contribution < 1.29 is 14.1 Å². The first-order valence-corrected chi connectivity index (χ1v) is 9.00. The van der Waals surface area contributed by atoms with Crippen LogP contribution in [-0.4, -0.2) is 75.3 Å². The number of piperidine rings is 1. The highest BCUT2D eigenvalue weighted by Crippen LogP contribution is 2.22. The third-order valence-electron chi connectivity index (χ3n) is 4.79. The van der Waals surface area contributed by atoms with Gasteiger partial charge in [-0.2, -0.15) is 4.98 Å². The standard InChI is InChI=1S/C17H22N6O3/c24-17(22-6-8-25-9-7-22)23-5-1-2-13(12-23)10-15-20-16(21-26-15)14-11-18-3-4-19-14/h3-4,11,13H,1-2,5-10,12H2. The number of carbonyl (C=O) groups is 1. The van der Waals surface area contributed by atoms with Crippen molar-refractivity contribution in [1.82, 2.24) is 29.9 Å². The maximum Gasteiger partial charge on any atom is 0.320 e. The van der Waals surface area contributed by atoms with Crippen LogP contribution in [0.2, 0.25) is 0 Å². The second-order valence-corrected chi connectivity index (χ2v) is 6.64. The highest BCUT2D eigenvalue weighted by molar-refractivity contribution is 5.74. The molecule has 4 rings (SSSR count). The predicted octanol–water partition coefficient (Wildman–Crippen LogP) is 1.23. The summed E-state index contributed by atoms with van der Waals surface area (Å²) in [5, 5.41) is 3.99. The molecule has 9 heteroatoms. The summed E-state index contributed by atoms with van der Waals surface area (Å²) in [5.74, 6) is 1.35. The van der Waals surface area contributed by atoms with Crippen molar-refractivity contribution in [1.29, 1.82) is 0 Å². The monoisotopic (exact) mass is 358 g/mol. The lowest BCUT2D eigenvalue weighted by atomic mass is 9.95. The van der Waals surface area contributed by atoms with Gasteiger partial charge in [-0.3, -0.25) is 4.98 Å². The lowest BCUT2D eigenvalue weighted by molar-refractivity contribution is 0.0389. The Bertz CT molecular complexity index is 731. The highest BCUT2D eigenvalue weighted by Gasteiger charge is 2.29. The van der Waals surface area contributed by atoms with Gasteiger partial charge in [0.25, 0.3) is 0 Å². The summed E-state index contributed by atoms with van der Waals surface area (Å²) < 4.78 is 10.7. The van der Waals surface area contributed by atoms with E-state index in [9.17, 15) is 4.79 Å². The summed E-state index contributed by atoms with van der Waals surface area (Å²) in [6.07, 6.45) is 7.52. The van der Waals surface area contributed by atoms with Crippen LogP contribution in [0.25, 0.3) is 11.5 Å². The van der Waals surface area contributed by atoms with Gasteiger partial charge >= 0.3 is 6.03 Å². The molecule has 9 nitrogen and oxygen atoms in total. The van der Waals surface area contributed by atoms with Gasteiger partial charge in [0.05, 0.1) is 19.4 Å². The Labute approximate surface area is 151 Å². The Kier molecular flexibility index (Phi) is 5.05. The molecule has 4 heterocycles. The molecule has 2 aromatic heterocycles. The Morgan fingerprint density at radius 3 is 2.88 bits per heavy atom. The molecule has 2 aliphatic heterocycles. The van der Waals surface area contributed by atoms with Crippen LogP contribution in [0.4, 0.5) is 4.79 Å². The van der Waals surface area contributed by atoms with E-state index in [0.717, 1.165) is 25.9 Å². The molecule has 2 saturated heterocycles. The number of urea groups is 1. The van der Waals surface area contributed by atoms with Crippen LogP contribution in [0.3, 0.4) is 0 Å². The molecule has 0 spiro atoms. The summed E-state index contributed by atoms with van der Waals surface area (Å²) >= 11 is 0. The normalized spacial score (nSPS) is 21.0. The minimum atomic E-state index is 0.115. The Morgan fingerprint density at radius 2 is 2.08 bits per heavy atom. The van der Waals surface area contributed by atoms with Crippen LogP contribution in [0, 0.1) is 5.92 Å². The van der Waals surface area contributed by atoms with Crippen LogP contribution in [0.15, 0.2) is 23.1 Å². The van der Waals surface area contributed by atoms with Gasteiger partial charge in [0, 0.05) is 45.0 Å². The van der Waals surface area contributed by atoms with E-state index in [1.165, 1.54) is 0 Å². The van der Waals surface area contributed by atoms with Gasteiger partial charge in [0.15, 0.2) is 0 Å². The van der Waals surface area contributed by atoms with E-state index in [1.807, 2.05) is 9.80 Å². The number of rotatable bonds is 3. The van der Waals surface area contributed by atoms with Gasteiger partial charge in [-0.25, -0.2) is 9.78 Å². The van der Waals surface area contributed by atoms with Gasteiger partial charge in [0.2, 0.25) is 11.7 Å². The SMILES string of the molecule is O=C(N1CCOCC1)N1CCCC(Cc2nc(-c3cnccn3)no2)C1. The zero-order valence-corrected chi connectivity index (χ0v) is 14.6. The third kappa shape index (κ3) is 3.82. The molecule has 0 saturated carbocycles. The molecule has 0 aromatic carbocycles. The number of likely N-dealkylation sites (tertiary alicyclic amines) is 1. The lowest BCUT2D eigenvalue weighted by Crippen LogP contribution is -2.51. The quantitative estimate of drug-likeness (QED) is 0.814. The number of nitrogens with zero attached hydrogens (tertiary/aromatic N) is 6. The first kappa shape index (κ1) is 16.9. The molecule has 2 aromatic rings. The molecule has 2 aliphatic rings. The fourth-order valence-electron chi connectivity index (χ4n) is 3.46. The molecule has 1 atom stereocenters. The summed E-state index contributed by atoms with van der Waals surface area (Å²) in [5.41, 5.74) is 0.593. The number of morpholine rings is 1. The van der Waals surface area contributed by atoms with E-state index in [1.54, 1.807) is 18.6 Å². The molecule has 0 aliphatic carbocycles. The van der Waals surface area contributed by atoms with Crippen molar-refractivity contribution in [2.24, 2.45) is 5.92 Å². The van der Waals surface area contributed by atoms with E-state index in [0.29, 0.717) is 56.1 Å². The van der Waals surface area contributed by atoms with Crippen molar-refractivity contribution in [2.75, 3.05) is 39.4 Å². The smallest absolute Gasteiger partial charge is 0.320 e. The fraction of sp³-hybridized carbons (Fsp3) is 0.588. The maximum atomic E-state index is 12.7. The van der Waals surface area contributed by atoms with Crippen molar-refractivity contribution in [3.8, 4) is 11.5 Å². The summed E-state index contributed by atoms with van der Waals surface area (Å²) in [4.78, 5) is 29.1. The van der Waals surface area contributed by atoms with Crippen LogP contribution >= 0.6 is 0 Å². The molecule has 0 radical (unpaired) electrons. The highest BCUT2D eigenvalue weighted by atomic mass is 16.5. The minimum absolute atomic E-state index is 0.115. The van der Waals surface area contributed by atoms with Gasteiger partial charge < -0.3 is 19.1 Å². The van der Waals surface area contributed by atoms with Crippen LogP contribution in [0.1, 0.15) is 18.7 Å². The first-order valence-electron chi connectivity index (χ1n) is 9.00. The van der Waals surface area contributed by atoms with E-state index < -0.39 is 0 Å². The number of hydrogen-bond donors (Lipinski definition) is 0. The summed E-state index contributed by atoms with van der Waals surface area (Å²) in [7, 11) is 0. The van der Waals surface area contributed by atoms with E-state index in [-0.39, 0.29) is 6.03 Å². The van der Waals surface area contributed by atoms with E-state index >= 15 is 0 Å². The maximum absolute atomic E-state index is 12.7. The van der Waals surface area contributed by atoms with Gasteiger partial charge in [-0.1, -0.05) is 5.16 Å². The topological polar surface area (TPSA) is 97.5 Å². The second-order valence-electron chi connectivity index (χ2n) is 6.64. The molecular weight excluding hydrogens is 336 g/mol. The number of carbonyl (C=O) groups excluding carboxylic acids is 1. The Balaban J connectivity index is 1.36. The second kappa shape index (κ2) is 7.77. The largest absolute Gasteiger partial charge is 0.378 e. The first-order chi connectivity index (χ1) is 12.8. The van der Waals surface area contributed by atoms with Gasteiger partial charge in [-0.05, 0) is 18.8 Å². The fourth-order valence-corrected chi connectivity index (χ4v) is 3.46. The molecule has 26 heavy (non-hydrogen) atoms. The average Bonchev–Trinajstić information content (AvgIpc) is 3.17. The van der Waals surface area contributed by atoms with Crippen molar-refractivity contribution in [2.45, 2.75) is 19.3 Å². The van der Waals surface area contributed by atoms with E-state index in [2.05, 4.69) is 20.1 Å². The predicted molar refractivity (Wildman–Crippen MR) is 91.1 cm³/mol. The average molecular weight is 358 g/mol. The minimum Gasteiger partial charge on any atom is -0.378 e. The number of aromatic nitrogens is 4. The lowest BCUT2D eigenvalue weighted by Gasteiger charge is -2.37. The molecular formula is C17H22N6O3. The molecule has 0 bridgehead atoms. The van der Waals surface area contributed by atoms with Gasteiger partial charge in [0.1, 0.15) is 5.69 Å². The molecule has 138 valence electrons. The van der Waals surface area contributed by atoms with Crippen LogP contribution in [0.5, 0.6) is 0 Å².